The van der Waals surface area contributed by atoms with Crippen molar-refractivity contribution in [3.8, 4) is 0 Å². The summed E-state index contributed by atoms with van der Waals surface area (Å²) in [7, 11) is 0. The maximum atomic E-state index is 5.58. The van der Waals surface area contributed by atoms with Crippen molar-refractivity contribution in [1.82, 2.24) is 5.16 Å². The molecule has 4 saturated carbocycles. The Labute approximate surface area is 108 Å². The van der Waals surface area contributed by atoms with E-state index in [4.69, 9.17) is 10.3 Å². The lowest BCUT2D eigenvalue weighted by molar-refractivity contribution is -0.00506. The minimum absolute atomic E-state index is 0.649. The Morgan fingerprint density at radius 1 is 1.11 bits per heavy atom. The molecule has 0 atom stereocenters. The Morgan fingerprint density at radius 3 is 2.39 bits per heavy atom. The molecule has 0 aromatic carbocycles. The van der Waals surface area contributed by atoms with Crippen molar-refractivity contribution in [2.45, 2.75) is 44.4 Å². The molecule has 1 aromatic rings. The molecule has 0 spiro atoms. The number of rotatable bonds is 3. The van der Waals surface area contributed by atoms with Gasteiger partial charge in [0.1, 0.15) is 5.76 Å². The zero-order valence-electron chi connectivity index (χ0n) is 10.8. The van der Waals surface area contributed by atoms with E-state index in [0.29, 0.717) is 12.5 Å². The van der Waals surface area contributed by atoms with E-state index in [-0.39, 0.29) is 0 Å². The highest BCUT2D eigenvalue weighted by Gasteiger charge is 2.49. The first-order chi connectivity index (χ1) is 8.83. The van der Waals surface area contributed by atoms with Gasteiger partial charge in [0.05, 0.1) is 5.69 Å². The van der Waals surface area contributed by atoms with Crippen LogP contribution in [0, 0.1) is 23.7 Å². The molecule has 3 nitrogen and oxygen atoms in total. The van der Waals surface area contributed by atoms with Gasteiger partial charge in [-0.05, 0) is 62.3 Å². The third-order valence-electron chi connectivity index (χ3n) is 5.54. The molecular formula is C15H22N2O. The third-order valence-corrected chi connectivity index (χ3v) is 5.54. The summed E-state index contributed by atoms with van der Waals surface area (Å²) in [6, 6.07) is 2.18. The van der Waals surface area contributed by atoms with Gasteiger partial charge < -0.3 is 10.3 Å². The highest BCUT2D eigenvalue weighted by Crippen LogP contribution is 2.59. The maximum Gasteiger partial charge on any atom is 0.138 e. The molecule has 4 aliphatic carbocycles. The lowest BCUT2D eigenvalue weighted by Crippen LogP contribution is -2.43. The fourth-order valence-electron chi connectivity index (χ4n) is 5.15. The molecule has 0 aliphatic heterocycles. The second-order valence-electron chi connectivity index (χ2n) is 6.71. The van der Waals surface area contributed by atoms with Crippen LogP contribution in [-0.4, -0.2) is 11.7 Å². The van der Waals surface area contributed by atoms with Crippen molar-refractivity contribution < 1.29 is 4.52 Å². The van der Waals surface area contributed by atoms with Gasteiger partial charge in [0.2, 0.25) is 0 Å². The molecule has 0 unspecified atom stereocenters. The van der Waals surface area contributed by atoms with Gasteiger partial charge in [-0.2, -0.15) is 0 Å². The summed E-state index contributed by atoms with van der Waals surface area (Å²) in [6.45, 7) is 0.649. The quantitative estimate of drug-likeness (QED) is 0.892. The van der Waals surface area contributed by atoms with Crippen LogP contribution in [0.25, 0.3) is 0 Å². The van der Waals surface area contributed by atoms with Crippen LogP contribution in [0.15, 0.2) is 10.6 Å². The smallest absolute Gasteiger partial charge is 0.138 e. The minimum atomic E-state index is 0.649. The molecule has 4 fully saturated rings. The van der Waals surface area contributed by atoms with Crippen molar-refractivity contribution in [2.75, 3.05) is 6.54 Å². The predicted octanol–water partition coefficient (Wildman–Crippen LogP) is 2.72. The largest absolute Gasteiger partial charge is 0.361 e. The molecule has 4 bridgehead atoms. The van der Waals surface area contributed by atoms with Crippen LogP contribution in [0.2, 0.25) is 0 Å². The van der Waals surface area contributed by atoms with Crippen LogP contribution in [0.5, 0.6) is 0 Å². The maximum absolute atomic E-state index is 5.58. The van der Waals surface area contributed by atoms with E-state index in [9.17, 15) is 0 Å². The number of aromatic nitrogens is 1. The first-order valence-corrected chi connectivity index (χ1v) is 7.49. The zero-order valence-corrected chi connectivity index (χ0v) is 10.8. The molecule has 0 saturated heterocycles. The number of hydrogen-bond donors (Lipinski definition) is 1. The molecule has 5 rings (SSSR count). The number of nitrogens with two attached hydrogens (primary N) is 1. The van der Waals surface area contributed by atoms with Crippen LogP contribution in [-0.2, 0) is 6.42 Å². The van der Waals surface area contributed by atoms with Crippen LogP contribution in [0.3, 0.4) is 0 Å². The lowest BCUT2D eigenvalue weighted by atomic mass is 9.51. The van der Waals surface area contributed by atoms with E-state index in [0.717, 1.165) is 35.9 Å². The fourth-order valence-corrected chi connectivity index (χ4v) is 5.15. The monoisotopic (exact) mass is 246 g/mol. The van der Waals surface area contributed by atoms with Crippen molar-refractivity contribution in [2.24, 2.45) is 29.4 Å². The highest BCUT2D eigenvalue weighted by molar-refractivity contribution is 5.17. The first-order valence-electron chi connectivity index (χ1n) is 7.49. The van der Waals surface area contributed by atoms with Crippen molar-refractivity contribution >= 4 is 0 Å². The van der Waals surface area contributed by atoms with Crippen molar-refractivity contribution in [3.05, 3.63) is 17.5 Å². The van der Waals surface area contributed by atoms with E-state index in [1.54, 1.807) is 0 Å². The standard InChI is InChI=1S/C15H22N2O/c16-2-1-13-8-14(17-18-13)15-11-4-9-3-10(6-11)7-12(15)5-9/h8-12,15H,1-7,16H2. The van der Waals surface area contributed by atoms with Gasteiger partial charge in [-0.25, -0.2) is 0 Å². The summed E-state index contributed by atoms with van der Waals surface area (Å²) in [5, 5.41) is 4.35. The Morgan fingerprint density at radius 2 is 1.78 bits per heavy atom. The fraction of sp³-hybridized carbons (Fsp3) is 0.800. The Hall–Kier alpha value is -0.830. The van der Waals surface area contributed by atoms with Gasteiger partial charge in [-0.3, -0.25) is 0 Å². The molecule has 0 radical (unpaired) electrons. The second kappa shape index (κ2) is 4.09. The molecule has 0 amide bonds. The lowest BCUT2D eigenvalue weighted by Gasteiger charge is -2.53. The van der Waals surface area contributed by atoms with E-state index < -0.39 is 0 Å². The molecule has 1 heterocycles. The molecular weight excluding hydrogens is 224 g/mol. The SMILES string of the molecule is NCCc1cc(C2C3CC4CC(C3)CC2C4)no1. The average Bonchev–Trinajstić information content (AvgIpc) is 2.76. The topological polar surface area (TPSA) is 52.0 Å². The second-order valence-corrected chi connectivity index (χ2v) is 6.71. The first kappa shape index (κ1) is 11.0. The zero-order chi connectivity index (χ0) is 12.1. The van der Waals surface area contributed by atoms with Gasteiger partial charge in [-0.1, -0.05) is 5.16 Å². The van der Waals surface area contributed by atoms with Crippen LogP contribution in [0.1, 0.15) is 49.5 Å². The number of hydrogen-bond acceptors (Lipinski definition) is 3. The summed E-state index contributed by atoms with van der Waals surface area (Å²) in [6.07, 6.45) is 8.10. The molecule has 4 aliphatic rings. The van der Waals surface area contributed by atoms with Gasteiger partial charge in [0.15, 0.2) is 0 Å². The average molecular weight is 246 g/mol. The Kier molecular flexibility index (Phi) is 2.51. The van der Waals surface area contributed by atoms with E-state index in [1.807, 2.05) is 0 Å². The summed E-state index contributed by atoms with van der Waals surface area (Å²) < 4.78 is 5.43. The van der Waals surface area contributed by atoms with Crippen LogP contribution in [0.4, 0.5) is 0 Å². The van der Waals surface area contributed by atoms with Crippen LogP contribution >= 0.6 is 0 Å². The number of nitrogens with zero attached hydrogens (tertiary/aromatic N) is 1. The Bertz CT molecular complexity index is 411. The molecule has 2 N–H and O–H groups in total. The predicted molar refractivity (Wildman–Crippen MR) is 69.0 cm³/mol. The van der Waals surface area contributed by atoms with E-state index >= 15 is 0 Å². The summed E-state index contributed by atoms with van der Waals surface area (Å²) in [5.41, 5.74) is 6.81. The van der Waals surface area contributed by atoms with E-state index in [2.05, 4.69) is 11.2 Å². The van der Waals surface area contributed by atoms with Crippen molar-refractivity contribution in [1.29, 1.82) is 0 Å². The molecule has 3 heteroatoms. The van der Waals surface area contributed by atoms with Crippen molar-refractivity contribution in [3.63, 3.8) is 0 Å². The summed E-state index contributed by atoms with van der Waals surface area (Å²) >= 11 is 0. The third kappa shape index (κ3) is 1.63. The van der Waals surface area contributed by atoms with Gasteiger partial charge >= 0.3 is 0 Å². The van der Waals surface area contributed by atoms with Gasteiger partial charge in [0, 0.05) is 18.4 Å². The summed E-state index contributed by atoms with van der Waals surface area (Å²) in [5.74, 6) is 5.49. The molecule has 98 valence electrons. The Balaban J connectivity index is 1.60. The highest BCUT2D eigenvalue weighted by atomic mass is 16.5. The minimum Gasteiger partial charge on any atom is -0.361 e. The van der Waals surface area contributed by atoms with Crippen LogP contribution < -0.4 is 5.73 Å². The summed E-state index contributed by atoms with van der Waals surface area (Å²) in [4.78, 5) is 0. The normalized spacial score (nSPS) is 41.5. The molecule has 1 aromatic heterocycles. The van der Waals surface area contributed by atoms with E-state index in [1.165, 1.54) is 37.8 Å². The molecule has 18 heavy (non-hydrogen) atoms. The van der Waals surface area contributed by atoms with Gasteiger partial charge in [-0.15, -0.1) is 0 Å². The van der Waals surface area contributed by atoms with Gasteiger partial charge in [0.25, 0.3) is 0 Å².